The minimum Gasteiger partial charge on any atom is -0.461 e. The zero-order valence-electron chi connectivity index (χ0n) is 8.39. The predicted molar refractivity (Wildman–Crippen MR) is 78.6 cm³/mol. The average Bonchev–Trinajstić information content (AvgIpc) is 2.13. The van der Waals surface area contributed by atoms with Crippen molar-refractivity contribution in [2.24, 2.45) is 0 Å². The Hall–Kier alpha value is 0.0600. The van der Waals surface area contributed by atoms with E-state index < -0.39 is 21.8 Å². The standard InChI is InChI=1S/C9H8I2O5S/c10-7-3-6(4-8(11)5-7)9(12)16-1-2-17(13,14)15/h3-5H,1-2H2,(H,13,14,15). The maximum Gasteiger partial charge on any atom is 0.338 e. The van der Waals surface area contributed by atoms with Crippen LogP contribution in [0.4, 0.5) is 0 Å². The van der Waals surface area contributed by atoms with Gasteiger partial charge in [-0.2, -0.15) is 8.42 Å². The minimum absolute atomic E-state index is 0.358. The molecule has 1 aromatic rings. The molecular formula is C9H8I2O5S. The van der Waals surface area contributed by atoms with E-state index in [0.29, 0.717) is 5.56 Å². The first-order valence-electron chi connectivity index (χ1n) is 4.36. The largest absolute Gasteiger partial charge is 0.461 e. The quantitative estimate of drug-likeness (QED) is 0.404. The van der Waals surface area contributed by atoms with Gasteiger partial charge in [-0.25, -0.2) is 4.79 Å². The summed E-state index contributed by atoms with van der Waals surface area (Å²) < 4.78 is 35.8. The summed E-state index contributed by atoms with van der Waals surface area (Å²) in [7, 11) is -4.10. The predicted octanol–water partition coefficient (Wildman–Crippen LogP) is 1.94. The molecule has 0 aromatic heterocycles. The van der Waals surface area contributed by atoms with Crippen LogP contribution in [0.1, 0.15) is 10.4 Å². The van der Waals surface area contributed by atoms with E-state index in [4.69, 9.17) is 9.29 Å². The molecule has 17 heavy (non-hydrogen) atoms. The molecule has 0 saturated heterocycles. The average molecular weight is 482 g/mol. The fourth-order valence-electron chi connectivity index (χ4n) is 0.995. The molecule has 1 aromatic carbocycles. The molecule has 0 aliphatic carbocycles. The number of hydrogen-bond acceptors (Lipinski definition) is 4. The van der Waals surface area contributed by atoms with Crippen LogP contribution in [0.25, 0.3) is 0 Å². The SMILES string of the molecule is O=C(OCCS(=O)(=O)O)c1cc(I)cc(I)c1. The second-order valence-corrected chi connectivity index (χ2v) is 7.14. The van der Waals surface area contributed by atoms with E-state index >= 15 is 0 Å². The third-order valence-corrected chi connectivity index (χ3v) is 3.60. The number of esters is 1. The van der Waals surface area contributed by atoms with Gasteiger partial charge >= 0.3 is 5.97 Å². The molecule has 8 heteroatoms. The maximum atomic E-state index is 11.5. The van der Waals surface area contributed by atoms with Crippen molar-refractivity contribution < 1.29 is 22.5 Å². The van der Waals surface area contributed by atoms with Gasteiger partial charge < -0.3 is 4.74 Å². The molecule has 0 aliphatic heterocycles. The van der Waals surface area contributed by atoms with Gasteiger partial charge in [0.1, 0.15) is 12.4 Å². The van der Waals surface area contributed by atoms with E-state index in [-0.39, 0.29) is 6.61 Å². The second kappa shape index (κ2) is 6.29. The molecule has 5 nitrogen and oxygen atoms in total. The first-order valence-corrected chi connectivity index (χ1v) is 8.13. The van der Waals surface area contributed by atoms with E-state index in [2.05, 4.69) is 45.2 Å². The Morgan fingerprint density at radius 3 is 2.24 bits per heavy atom. The molecule has 0 spiro atoms. The number of ether oxygens (including phenoxy) is 1. The molecule has 0 amide bonds. The van der Waals surface area contributed by atoms with Crippen molar-refractivity contribution in [2.75, 3.05) is 12.4 Å². The van der Waals surface area contributed by atoms with Crippen LogP contribution in [0.2, 0.25) is 0 Å². The highest BCUT2D eigenvalue weighted by atomic mass is 127. The molecule has 1 N–H and O–H groups in total. The third kappa shape index (κ3) is 5.97. The lowest BCUT2D eigenvalue weighted by molar-refractivity contribution is 0.0528. The molecule has 0 radical (unpaired) electrons. The molecular weight excluding hydrogens is 474 g/mol. The normalized spacial score (nSPS) is 11.2. The van der Waals surface area contributed by atoms with Crippen LogP contribution in [0.3, 0.4) is 0 Å². The lowest BCUT2D eigenvalue weighted by Gasteiger charge is -2.04. The highest BCUT2D eigenvalue weighted by molar-refractivity contribution is 14.1. The Balaban J connectivity index is 2.64. The Bertz CT molecular complexity index is 506. The van der Waals surface area contributed by atoms with Crippen LogP contribution >= 0.6 is 45.2 Å². The van der Waals surface area contributed by atoms with Crippen molar-refractivity contribution in [1.29, 1.82) is 0 Å². The molecule has 1 rings (SSSR count). The van der Waals surface area contributed by atoms with Gasteiger partial charge in [-0.1, -0.05) is 0 Å². The maximum absolute atomic E-state index is 11.5. The summed E-state index contributed by atoms with van der Waals surface area (Å²) in [6.07, 6.45) is 0. The van der Waals surface area contributed by atoms with Crippen molar-refractivity contribution in [2.45, 2.75) is 0 Å². The fraction of sp³-hybridized carbons (Fsp3) is 0.222. The Morgan fingerprint density at radius 1 is 1.24 bits per heavy atom. The van der Waals surface area contributed by atoms with Crippen LogP contribution in [0.5, 0.6) is 0 Å². The van der Waals surface area contributed by atoms with Crippen molar-refractivity contribution in [3.8, 4) is 0 Å². The highest BCUT2D eigenvalue weighted by Crippen LogP contribution is 2.15. The van der Waals surface area contributed by atoms with Crippen LogP contribution < -0.4 is 0 Å². The zero-order chi connectivity index (χ0) is 13.1. The van der Waals surface area contributed by atoms with Gasteiger partial charge in [0.25, 0.3) is 10.1 Å². The third-order valence-electron chi connectivity index (χ3n) is 1.67. The van der Waals surface area contributed by atoms with E-state index in [0.717, 1.165) is 7.14 Å². The Labute approximate surface area is 126 Å². The second-order valence-electron chi connectivity index (χ2n) is 3.08. The number of carbonyl (C=O) groups excluding carboxylic acids is 1. The summed E-state index contributed by atoms with van der Waals surface area (Å²) in [5, 5.41) is 0. The van der Waals surface area contributed by atoms with Crippen molar-refractivity contribution in [3.05, 3.63) is 30.9 Å². The molecule has 94 valence electrons. The molecule has 0 bridgehead atoms. The van der Waals surface area contributed by atoms with Gasteiger partial charge in [0, 0.05) is 7.14 Å². The topological polar surface area (TPSA) is 80.7 Å². The number of halogens is 2. The van der Waals surface area contributed by atoms with Crippen LogP contribution in [0.15, 0.2) is 18.2 Å². The molecule has 0 saturated carbocycles. The Morgan fingerprint density at radius 2 is 1.76 bits per heavy atom. The molecule has 0 unspecified atom stereocenters. The van der Waals surface area contributed by atoms with Gasteiger partial charge in [0.2, 0.25) is 0 Å². The monoisotopic (exact) mass is 482 g/mol. The molecule has 0 heterocycles. The van der Waals surface area contributed by atoms with E-state index in [1.54, 1.807) is 12.1 Å². The lowest BCUT2D eigenvalue weighted by atomic mass is 10.2. The number of carbonyl (C=O) groups is 1. The summed E-state index contributed by atoms with van der Waals surface area (Å²) in [6, 6.07) is 5.16. The number of rotatable bonds is 4. The van der Waals surface area contributed by atoms with E-state index in [1.165, 1.54) is 0 Å². The summed E-state index contributed by atoms with van der Waals surface area (Å²) in [6.45, 7) is -0.361. The first-order chi connectivity index (χ1) is 7.78. The van der Waals surface area contributed by atoms with Crippen LogP contribution in [-0.2, 0) is 14.9 Å². The minimum atomic E-state index is -4.10. The lowest BCUT2D eigenvalue weighted by Crippen LogP contribution is -2.14. The molecule has 0 aliphatic rings. The van der Waals surface area contributed by atoms with Gasteiger partial charge in [-0.3, -0.25) is 4.55 Å². The highest BCUT2D eigenvalue weighted by Gasteiger charge is 2.11. The van der Waals surface area contributed by atoms with E-state index in [1.807, 2.05) is 6.07 Å². The van der Waals surface area contributed by atoms with Gasteiger partial charge in [0.05, 0.1) is 5.56 Å². The van der Waals surface area contributed by atoms with Crippen LogP contribution in [-0.4, -0.2) is 31.3 Å². The van der Waals surface area contributed by atoms with Crippen molar-refractivity contribution in [3.63, 3.8) is 0 Å². The summed E-state index contributed by atoms with van der Waals surface area (Å²) in [4.78, 5) is 11.5. The summed E-state index contributed by atoms with van der Waals surface area (Å²) >= 11 is 4.13. The smallest absolute Gasteiger partial charge is 0.338 e. The number of hydrogen-bond donors (Lipinski definition) is 1. The molecule has 0 fully saturated rings. The number of benzene rings is 1. The first kappa shape index (κ1) is 15.1. The zero-order valence-corrected chi connectivity index (χ0v) is 13.5. The van der Waals surface area contributed by atoms with Crippen LogP contribution in [0, 0.1) is 7.14 Å². The van der Waals surface area contributed by atoms with Gasteiger partial charge in [-0.05, 0) is 63.4 Å². The van der Waals surface area contributed by atoms with Gasteiger partial charge in [0.15, 0.2) is 0 Å². The summed E-state index contributed by atoms with van der Waals surface area (Å²) in [5.74, 6) is -1.20. The fourth-order valence-corrected chi connectivity index (χ4v) is 3.23. The molecule has 0 atom stereocenters. The van der Waals surface area contributed by atoms with Gasteiger partial charge in [-0.15, -0.1) is 0 Å². The Kier molecular flexibility index (Phi) is 5.60. The van der Waals surface area contributed by atoms with Crippen molar-refractivity contribution in [1.82, 2.24) is 0 Å². The van der Waals surface area contributed by atoms with E-state index in [9.17, 15) is 13.2 Å². The van der Waals surface area contributed by atoms with Crippen molar-refractivity contribution >= 4 is 61.3 Å². The summed E-state index contributed by atoms with van der Waals surface area (Å²) in [5.41, 5.74) is 0.358.